The first-order valence-corrected chi connectivity index (χ1v) is 7.19. The first-order chi connectivity index (χ1) is 8.13. The summed E-state index contributed by atoms with van der Waals surface area (Å²) in [4.78, 5) is 6.10. The molecule has 3 rings (SSSR count). The third kappa shape index (κ3) is 2.02. The van der Waals surface area contributed by atoms with E-state index in [1.165, 1.54) is 28.4 Å². The molecule has 0 aromatic carbocycles. The Labute approximate surface area is 107 Å². The van der Waals surface area contributed by atoms with Gasteiger partial charge in [-0.25, -0.2) is 4.98 Å². The van der Waals surface area contributed by atoms with Crippen LogP contribution in [-0.4, -0.2) is 24.2 Å². The average Bonchev–Trinajstić information content (AvgIpc) is 2.99. The molecule has 0 bridgehead atoms. The van der Waals surface area contributed by atoms with E-state index in [1.807, 2.05) is 18.4 Å². The number of thiazole rings is 1. The minimum atomic E-state index is 0.117. The van der Waals surface area contributed by atoms with Crippen LogP contribution in [0, 0.1) is 13.8 Å². The molecule has 17 heavy (non-hydrogen) atoms. The van der Waals surface area contributed by atoms with Crippen molar-refractivity contribution in [2.24, 2.45) is 0 Å². The molecule has 2 saturated carbocycles. The summed E-state index contributed by atoms with van der Waals surface area (Å²) in [5.41, 5.74) is 1.30. The predicted octanol–water partition coefficient (Wildman–Crippen LogP) is 2.52. The average molecular weight is 252 g/mol. The SMILES string of the molecule is COC1CC(NC2CC2)(c2nc(C)c(C)s2)C1. The lowest BCUT2D eigenvalue weighted by molar-refractivity contribution is -0.0341. The molecule has 1 N–H and O–H groups in total. The van der Waals surface area contributed by atoms with Gasteiger partial charge in [-0.2, -0.15) is 0 Å². The van der Waals surface area contributed by atoms with Gasteiger partial charge in [-0.15, -0.1) is 11.3 Å². The van der Waals surface area contributed by atoms with Gasteiger partial charge in [-0.3, -0.25) is 0 Å². The molecule has 1 heterocycles. The zero-order valence-corrected chi connectivity index (χ0v) is 11.6. The zero-order chi connectivity index (χ0) is 12.0. The third-order valence-electron chi connectivity index (χ3n) is 3.98. The summed E-state index contributed by atoms with van der Waals surface area (Å²) in [6.07, 6.45) is 5.20. The number of aryl methyl sites for hydroxylation is 2. The van der Waals surface area contributed by atoms with Crippen LogP contribution in [0.15, 0.2) is 0 Å². The molecule has 3 nitrogen and oxygen atoms in total. The molecule has 0 aliphatic heterocycles. The summed E-state index contributed by atoms with van der Waals surface area (Å²) >= 11 is 1.85. The standard InChI is InChI=1S/C13H20N2OS/c1-8-9(2)17-12(14-8)13(15-10-4-5-10)6-11(7-13)16-3/h10-11,15H,4-7H2,1-3H3. The van der Waals surface area contributed by atoms with Crippen LogP contribution >= 0.6 is 11.3 Å². The molecule has 0 saturated heterocycles. The Morgan fingerprint density at radius 1 is 1.35 bits per heavy atom. The maximum absolute atomic E-state index is 5.44. The number of nitrogens with zero attached hydrogens (tertiary/aromatic N) is 1. The summed E-state index contributed by atoms with van der Waals surface area (Å²) in [5.74, 6) is 0. The third-order valence-corrected chi connectivity index (χ3v) is 5.26. The van der Waals surface area contributed by atoms with Crippen molar-refractivity contribution in [3.8, 4) is 0 Å². The second kappa shape index (κ2) is 4.04. The van der Waals surface area contributed by atoms with Gasteiger partial charge >= 0.3 is 0 Å². The van der Waals surface area contributed by atoms with E-state index in [9.17, 15) is 0 Å². The minimum Gasteiger partial charge on any atom is -0.381 e. The number of hydrogen-bond donors (Lipinski definition) is 1. The second-order valence-corrected chi connectivity index (χ2v) is 6.63. The Morgan fingerprint density at radius 3 is 2.53 bits per heavy atom. The summed E-state index contributed by atoms with van der Waals surface area (Å²) in [7, 11) is 1.81. The summed E-state index contributed by atoms with van der Waals surface area (Å²) < 4.78 is 5.44. The molecular weight excluding hydrogens is 232 g/mol. The van der Waals surface area contributed by atoms with Crippen LogP contribution in [0.5, 0.6) is 0 Å². The first kappa shape index (κ1) is 11.6. The highest BCUT2D eigenvalue weighted by Crippen LogP contribution is 2.46. The fraction of sp³-hybridized carbons (Fsp3) is 0.769. The van der Waals surface area contributed by atoms with Gasteiger partial charge in [0.25, 0.3) is 0 Å². The summed E-state index contributed by atoms with van der Waals surface area (Å²) in [5, 5.41) is 5.06. The molecule has 94 valence electrons. The van der Waals surface area contributed by atoms with Crippen LogP contribution in [0.1, 0.15) is 41.3 Å². The van der Waals surface area contributed by atoms with Gasteiger partial charge in [-0.05, 0) is 39.5 Å². The Balaban J connectivity index is 1.83. The van der Waals surface area contributed by atoms with Crippen LogP contribution in [0.4, 0.5) is 0 Å². The fourth-order valence-electron chi connectivity index (χ4n) is 2.53. The Hall–Kier alpha value is -0.450. The van der Waals surface area contributed by atoms with E-state index in [1.54, 1.807) is 0 Å². The predicted molar refractivity (Wildman–Crippen MR) is 69.5 cm³/mol. The molecule has 4 heteroatoms. The first-order valence-electron chi connectivity index (χ1n) is 6.38. The van der Waals surface area contributed by atoms with Gasteiger partial charge in [0.2, 0.25) is 0 Å². The van der Waals surface area contributed by atoms with Gasteiger partial charge in [0, 0.05) is 18.0 Å². The van der Waals surface area contributed by atoms with E-state index in [-0.39, 0.29) is 5.54 Å². The van der Waals surface area contributed by atoms with E-state index < -0.39 is 0 Å². The molecule has 0 amide bonds. The van der Waals surface area contributed by atoms with Gasteiger partial charge in [0.15, 0.2) is 0 Å². The molecule has 0 atom stereocenters. The molecule has 0 unspecified atom stereocenters. The highest BCUT2D eigenvalue weighted by molar-refractivity contribution is 7.11. The molecule has 1 aromatic rings. The zero-order valence-electron chi connectivity index (χ0n) is 10.7. The van der Waals surface area contributed by atoms with Crippen molar-refractivity contribution in [2.75, 3.05) is 7.11 Å². The van der Waals surface area contributed by atoms with Crippen LogP contribution in [0.2, 0.25) is 0 Å². The number of hydrogen-bond acceptors (Lipinski definition) is 4. The van der Waals surface area contributed by atoms with Crippen molar-refractivity contribution in [3.05, 3.63) is 15.6 Å². The molecular formula is C13H20N2OS. The van der Waals surface area contributed by atoms with E-state index in [0.29, 0.717) is 6.10 Å². The number of rotatable bonds is 4. The van der Waals surface area contributed by atoms with E-state index in [2.05, 4.69) is 19.2 Å². The number of ether oxygens (including phenoxy) is 1. The summed E-state index contributed by atoms with van der Waals surface area (Å²) in [6, 6.07) is 0.720. The summed E-state index contributed by atoms with van der Waals surface area (Å²) in [6.45, 7) is 4.26. The quantitative estimate of drug-likeness (QED) is 0.894. The van der Waals surface area contributed by atoms with Gasteiger partial charge in [0.1, 0.15) is 5.01 Å². The lowest BCUT2D eigenvalue weighted by Gasteiger charge is -2.46. The highest BCUT2D eigenvalue weighted by Gasteiger charge is 2.50. The van der Waals surface area contributed by atoms with Gasteiger partial charge < -0.3 is 10.1 Å². The van der Waals surface area contributed by atoms with Crippen molar-refractivity contribution in [1.29, 1.82) is 0 Å². The molecule has 2 aliphatic carbocycles. The van der Waals surface area contributed by atoms with E-state index in [4.69, 9.17) is 9.72 Å². The van der Waals surface area contributed by atoms with Crippen LogP contribution < -0.4 is 5.32 Å². The Bertz CT molecular complexity index is 400. The minimum absolute atomic E-state index is 0.117. The lowest BCUT2D eigenvalue weighted by Crippen LogP contribution is -2.56. The highest BCUT2D eigenvalue weighted by atomic mass is 32.1. The number of aromatic nitrogens is 1. The Morgan fingerprint density at radius 2 is 2.06 bits per heavy atom. The van der Waals surface area contributed by atoms with E-state index >= 15 is 0 Å². The fourth-order valence-corrected chi connectivity index (χ4v) is 3.62. The normalized spacial score (nSPS) is 32.5. The van der Waals surface area contributed by atoms with Crippen LogP contribution in [0.25, 0.3) is 0 Å². The smallest absolute Gasteiger partial charge is 0.113 e. The van der Waals surface area contributed by atoms with Crippen molar-refractivity contribution in [1.82, 2.24) is 10.3 Å². The lowest BCUT2D eigenvalue weighted by atomic mass is 9.74. The van der Waals surface area contributed by atoms with Gasteiger partial charge in [-0.1, -0.05) is 0 Å². The maximum atomic E-state index is 5.44. The topological polar surface area (TPSA) is 34.1 Å². The largest absolute Gasteiger partial charge is 0.381 e. The van der Waals surface area contributed by atoms with Gasteiger partial charge in [0.05, 0.1) is 17.3 Å². The van der Waals surface area contributed by atoms with Crippen molar-refractivity contribution in [2.45, 2.75) is 57.2 Å². The number of methoxy groups -OCH3 is 1. The van der Waals surface area contributed by atoms with Crippen LogP contribution in [0.3, 0.4) is 0 Å². The number of nitrogens with one attached hydrogen (secondary N) is 1. The molecule has 0 radical (unpaired) electrons. The van der Waals surface area contributed by atoms with E-state index in [0.717, 1.165) is 18.9 Å². The van der Waals surface area contributed by atoms with Crippen molar-refractivity contribution >= 4 is 11.3 Å². The second-order valence-electron chi connectivity index (χ2n) is 5.43. The maximum Gasteiger partial charge on any atom is 0.113 e. The monoisotopic (exact) mass is 252 g/mol. The molecule has 2 aliphatic rings. The molecule has 0 spiro atoms. The van der Waals surface area contributed by atoms with Crippen molar-refractivity contribution in [3.63, 3.8) is 0 Å². The Kier molecular flexibility index (Phi) is 2.76. The molecule has 1 aromatic heterocycles. The van der Waals surface area contributed by atoms with Crippen molar-refractivity contribution < 1.29 is 4.74 Å². The van der Waals surface area contributed by atoms with Crippen LogP contribution in [-0.2, 0) is 10.3 Å². The molecule has 2 fully saturated rings.